The molecule has 3 nitrogen and oxygen atoms in total. The quantitative estimate of drug-likeness (QED) is 0.794. The third kappa shape index (κ3) is 5.06. The molecule has 2 atom stereocenters. The maximum atomic E-state index is 12.2. The molecule has 0 heterocycles. The van der Waals surface area contributed by atoms with Gasteiger partial charge in [0.25, 0.3) is 0 Å². The molecule has 0 spiro atoms. The van der Waals surface area contributed by atoms with Crippen LogP contribution in [0.1, 0.15) is 52.1 Å². The first-order valence-electron chi connectivity index (χ1n) is 7.37. The SMILES string of the molecule is C[C@H](N[S@@+]([O-])C(C)(C)C)c1ccc(Cl)c(OCC2CC2)c1. The van der Waals surface area contributed by atoms with E-state index in [0.717, 1.165) is 17.9 Å². The van der Waals surface area contributed by atoms with E-state index in [2.05, 4.69) is 4.72 Å². The van der Waals surface area contributed by atoms with Crippen LogP contribution in [-0.4, -0.2) is 15.9 Å². The van der Waals surface area contributed by atoms with Crippen LogP contribution in [0.4, 0.5) is 0 Å². The van der Waals surface area contributed by atoms with Gasteiger partial charge in [0.15, 0.2) is 0 Å². The van der Waals surface area contributed by atoms with Crippen LogP contribution in [0.3, 0.4) is 0 Å². The lowest BCUT2D eigenvalue weighted by molar-refractivity contribution is 0.299. The van der Waals surface area contributed by atoms with Crippen molar-refractivity contribution in [3.63, 3.8) is 0 Å². The molecule has 0 amide bonds. The Balaban J connectivity index is 2.02. The fraction of sp³-hybridized carbons (Fsp3) is 0.625. The van der Waals surface area contributed by atoms with Gasteiger partial charge in [0.05, 0.1) is 17.7 Å². The molecule has 2 rings (SSSR count). The second-order valence-corrected chi connectivity index (χ2v) is 9.07. The van der Waals surface area contributed by atoms with Crippen LogP contribution < -0.4 is 9.46 Å². The predicted octanol–water partition coefficient (Wildman–Crippen LogP) is 4.24. The van der Waals surface area contributed by atoms with Crippen LogP contribution in [0.2, 0.25) is 5.02 Å². The Morgan fingerprint density at radius 2 is 2.10 bits per heavy atom. The summed E-state index contributed by atoms with van der Waals surface area (Å²) in [6, 6.07) is 5.72. The molecule has 1 N–H and O–H groups in total. The summed E-state index contributed by atoms with van der Waals surface area (Å²) in [5.41, 5.74) is 1.03. The Kier molecular flexibility index (Phi) is 5.47. The van der Waals surface area contributed by atoms with Gasteiger partial charge in [-0.1, -0.05) is 17.7 Å². The van der Waals surface area contributed by atoms with E-state index < -0.39 is 11.4 Å². The number of hydrogen-bond acceptors (Lipinski definition) is 3. The van der Waals surface area contributed by atoms with E-state index in [-0.39, 0.29) is 10.8 Å². The van der Waals surface area contributed by atoms with Crippen molar-refractivity contribution in [1.82, 2.24) is 4.72 Å². The third-order valence-electron chi connectivity index (χ3n) is 3.47. The van der Waals surface area contributed by atoms with Crippen molar-refractivity contribution in [2.75, 3.05) is 6.61 Å². The van der Waals surface area contributed by atoms with Gasteiger partial charge in [-0.2, -0.15) is 0 Å². The summed E-state index contributed by atoms with van der Waals surface area (Å²) in [5, 5.41) is 0.628. The summed E-state index contributed by atoms with van der Waals surface area (Å²) in [7, 11) is 0. The molecule has 1 fully saturated rings. The molecule has 1 aromatic carbocycles. The zero-order valence-electron chi connectivity index (χ0n) is 13.1. The molecule has 0 aromatic heterocycles. The second kappa shape index (κ2) is 6.78. The van der Waals surface area contributed by atoms with Crippen molar-refractivity contribution >= 4 is 23.0 Å². The molecule has 118 valence electrons. The van der Waals surface area contributed by atoms with E-state index >= 15 is 0 Å². The molecule has 0 aliphatic heterocycles. The number of hydrogen-bond donors (Lipinski definition) is 1. The summed E-state index contributed by atoms with van der Waals surface area (Å²) >= 11 is 5.07. The molecule has 1 aliphatic rings. The fourth-order valence-electron chi connectivity index (χ4n) is 1.80. The second-order valence-electron chi connectivity index (χ2n) is 6.66. The van der Waals surface area contributed by atoms with Crippen LogP contribution in [0.25, 0.3) is 0 Å². The van der Waals surface area contributed by atoms with Gasteiger partial charge in [-0.05, 0) is 64.2 Å². The predicted molar refractivity (Wildman–Crippen MR) is 89.1 cm³/mol. The molecular formula is C16H24ClNO2S. The van der Waals surface area contributed by atoms with Crippen LogP contribution in [0.5, 0.6) is 5.75 Å². The summed E-state index contributed by atoms with van der Waals surface area (Å²) in [4.78, 5) is 0. The summed E-state index contributed by atoms with van der Waals surface area (Å²) in [6.07, 6.45) is 2.50. The average molecular weight is 330 g/mol. The van der Waals surface area contributed by atoms with Gasteiger partial charge >= 0.3 is 0 Å². The minimum absolute atomic E-state index is 0.0226. The van der Waals surface area contributed by atoms with E-state index in [9.17, 15) is 4.55 Å². The van der Waals surface area contributed by atoms with Gasteiger partial charge in [-0.15, -0.1) is 4.72 Å². The van der Waals surface area contributed by atoms with E-state index in [1.165, 1.54) is 12.8 Å². The van der Waals surface area contributed by atoms with E-state index in [1.807, 2.05) is 45.9 Å². The zero-order chi connectivity index (χ0) is 15.6. The largest absolute Gasteiger partial charge is 0.598 e. The maximum Gasteiger partial charge on any atom is 0.138 e. The molecule has 1 saturated carbocycles. The number of halogens is 1. The number of benzene rings is 1. The highest BCUT2D eigenvalue weighted by atomic mass is 35.5. The van der Waals surface area contributed by atoms with Gasteiger partial charge in [-0.3, -0.25) is 0 Å². The van der Waals surface area contributed by atoms with Crippen molar-refractivity contribution in [1.29, 1.82) is 0 Å². The van der Waals surface area contributed by atoms with Crippen molar-refractivity contribution in [2.45, 2.75) is 51.3 Å². The fourth-order valence-corrected chi connectivity index (χ4v) is 2.78. The third-order valence-corrected chi connectivity index (χ3v) is 5.46. The monoisotopic (exact) mass is 329 g/mol. The first-order chi connectivity index (χ1) is 9.77. The lowest BCUT2D eigenvalue weighted by Crippen LogP contribution is -2.40. The normalized spacial score (nSPS) is 18.4. The van der Waals surface area contributed by atoms with Gasteiger partial charge in [0.1, 0.15) is 10.5 Å². The Labute approximate surface area is 135 Å². The molecule has 21 heavy (non-hydrogen) atoms. The molecule has 0 bridgehead atoms. The van der Waals surface area contributed by atoms with E-state index in [1.54, 1.807) is 0 Å². The minimum Gasteiger partial charge on any atom is -0.598 e. The number of ether oxygens (including phenoxy) is 1. The van der Waals surface area contributed by atoms with Gasteiger partial charge in [-0.25, -0.2) is 0 Å². The highest BCUT2D eigenvalue weighted by Crippen LogP contribution is 2.33. The van der Waals surface area contributed by atoms with Gasteiger partial charge in [0.2, 0.25) is 0 Å². The van der Waals surface area contributed by atoms with Gasteiger partial charge < -0.3 is 9.29 Å². The Hall–Kier alpha value is -0.420. The standard InChI is InChI=1S/C16H24ClNO2S/c1-11(18-21(19)16(2,3)4)13-7-8-14(17)15(9-13)20-10-12-5-6-12/h7-9,11-12,18H,5-6,10H2,1-4H3/t11-,21-/m0/s1. The zero-order valence-corrected chi connectivity index (χ0v) is 14.7. The minimum atomic E-state index is -1.10. The number of rotatable bonds is 6. The summed E-state index contributed by atoms with van der Waals surface area (Å²) < 4.78 is 20.8. The van der Waals surface area contributed by atoms with Crippen molar-refractivity contribution in [3.8, 4) is 5.75 Å². The molecular weight excluding hydrogens is 306 g/mol. The van der Waals surface area contributed by atoms with Gasteiger partial charge in [0, 0.05) is 11.4 Å². The molecule has 0 unspecified atom stereocenters. The Morgan fingerprint density at radius 3 is 2.67 bits per heavy atom. The van der Waals surface area contributed by atoms with Crippen molar-refractivity contribution < 1.29 is 9.29 Å². The molecule has 1 aliphatic carbocycles. The van der Waals surface area contributed by atoms with Crippen LogP contribution in [-0.2, 0) is 11.4 Å². The molecule has 1 aromatic rings. The average Bonchev–Trinajstić information content (AvgIpc) is 3.20. The maximum absolute atomic E-state index is 12.2. The molecule has 5 heteroatoms. The number of nitrogens with one attached hydrogen (secondary N) is 1. The van der Waals surface area contributed by atoms with Crippen molar-refractivity contribution in [2.24, 2.45) is 5.92 Å². The molecule has 0 saturated heterocycles. The lowest BCUT2D eigenvalue weighted by Gasteiger charge is -2.26. The lowest BCUT2D eigenvalue weighted by atomic mass is 10.1. The van der Waals surface area contributed by atoms with Crippen LogP contribution in [0, 0.1) is 5.92 Å². The van der Waals surface area contributed by atoms with Crippen LogP contribution >= 0.6 is 11.6 Å². The Bertz CT molecular complexity index is 486. The molecule has 0 radical (unpaired) electrons. The first kappa shape index (κ1) is 16.9. The van der Waals surface area contributed by atoms with E-state index in [0.29, 0.717) is 10.9 Å². The summed E-state index contributed by atoms with van der Waals surface area (Å²) in [6.45, 7) is 8.59. The van der Waals surface area contributed by atoms with E-state index in [4.69, 9.17) is 16.3 Å². The summed E-state index contributed by atoms with van der Waals surface area (Å²) in [5.74, 6) is 1.41. The highest BCUT2D eigenvalue weighted by Gasteiger charge is 2.28. The van der Waals surface area contributed by atoms with Crippen molar-refractivity contribution in [3.05, 3.63) is 28.8 Å². The van der Waals surface area contributed by atoms with Crippen LogP contribution in [0.15, 0.2) is 18.2 Å². The topological polar surface area (TPSA) is 44.3 Å². The Morgan fingerprint density at radius 1 is 1.43 bits per heavy atom. The highest BCUT2D eigenvalue weighted by molar-refractivity contribution is 7.90. The first-order valence-corrected chi connectivity index (χ1v) is 8.90. The smallest absolute Gasteiger partial charge is 0.138 e.